The molecule has 0 aliphatic carbocycles. The van der Waals surface area contributed by atoms with E-state index >= 15 is 0 Å². The molecular weight excluding hydrogens is 545 g/mol. The first-order valence-corrected chi connectivity index (χ1v) is 14.9. The summed E-state index contributed by atoms with van der Waals surface area (Å²) >= 11 is 5.89. The van der Waals surface area contributed by atoms with Crippen LogP contribution in [0.15, 0.2) is 53.4 Å². The number of carbonyl (C=O) groups excluding carboxylic acids is 2. The van der Waals surface area contributed by atoms with Crippen molar-refractivity contribution in [2.45, 2.75) is 63.9 Å². The van der Waals surface area contributed by atoms with E-state index in [1.807, 2.05) is 45.9 Å². The highest BCUT2D eigenvalue weighted by molar-refractivity contribution is 7.89. The van der Waals surface area contributed by atoms with Gasteiger partial charge in [-0.1, -0.05) is 43.6 Å². The number of anilines is 1. The van der Waals surface area contributed by atoms with Gasteiger partial charge in [0.15, 0.2) is 0 Å². The molecule has 2 rings (SSSR count). The molecule has 0 fully saturated rings. The Morgan fingerprint density at radius 2 is 1.69 bits per heavy atom. The maximum Gasteiger partial charge on any atom is 0.319 e. The molecule has 0 spiro atoms. The first kappa shape index (κ1) is 32.3. The molecule has 0 unspecified atom stereocenters. The third-order valence-electron chi connectivity index (χ3n) is 5.59. The van der Waals surface area contributed by atoms with Gasteiger partial charge in [-0.25, -0.2) is 27.1 Å². The quantitative estimate of drug-likeness (QED) is 0.229. The van der Waals surface area contributed by atoms with Crippen molar-refractivity contribution in [1.29, 1.82) is 0 Å². The number of hydrogen-bond acceptors (Lipinski definition) is 4. The minimum Gasteiger partial charge on any atom is -0.336 e. The summed E-state index contributed by atoms with van der Waals surface area (Å²) in [5, 5.41) is 8.49. The zero-order valence-electron chi connectivity index (χ0n) is 22.8. The summed E-state index contributed by atoms with van der Waals surface area (Å²) in [4.78, 5) is 27.0. The number of para-hydroxylation sites is 1. The van der Waals surface area contributed by atoms with Crippen LogP contribution in [0.3, 0.4) is 0 Å². The molecule has 1 atom stereocenters. The monoisotopic (exact) mass is 583 g/mol. The van der Waals surface area contributed by atoms with E-state index in [0.717, 1.165) is 18.2 Å². The second-order valence-electron chi connectivity index (χ2n) is 10.0. The SMILES string of the molecule is CC(C)C[C@@H](CN(CCCCNS(=O)(=O)c1ccc(F)cc1Cl)C(=O)NC(C)C)NC(=O)Nc1ccccc1. The summed E-state index contributed by atoms with van der Waals surface area (Å²) < 4.78 is 40.8. The van der Waals surface area contributed by atoms with Gasteiger partial charge in [0, 0.05) is 37.4 Å². The topological polar surface area (TPSA) is 120 Å². The van der Waals surface area contributed by atoms with Crippen LogP contribution in [0.4, 0.5) is 19.7 Å². The lowest BCUT2D eigenvalue weighted by molar-refractivity contribution is 0.183. The van der Waals surface area contributed by atoms with Gasteiger partial charge in [0.1, 0.15) is 10.7 Å². The van der Waals surface area contributed by atoms with E-state index < -0.39 is 15.8 Å². The number of sulfonamides is 1. The Kier molecular flexibility index (Phi) is 13.0. The minimum absolute atomic E-state index is 0.0786. The molecule has 4 amide bonds. The Morgan fingerprint density at radius 3 is 2.31 bits per heavy atom. The van der Waals surface area contributed by atoms with Gasteiger partial charge >= 0.3 is 12.1 Å². The number of nitrogens with zero attached hydrogens (tertiary/aromatic N) is 1. The number of urea groups is 2. The van der Waals surface area contributed by atoms with Crippen LogP contribution < -0.4 is 20.7 Å². The van der Waals surface area contributed by atoms with Crippen LogP contribution in [-0.4, -0.2) is 57.1 Å². The second kappa shape index (κ2) is 15.6. The Morgan fingerprint density at radius 1 is 1.00 bits per heavy atom. The van der Waals surface area contributed by atoms with Crippen LogP contribution >= 0.6 is 11.6 Å². The number of benzene rings is 2. The van der Waals surface area contributed by atoms with Gasteiger partial charge in [0.05, 0.1) is 5.02 Å². The molecule has 9 nitrogen and oxygen atoms in total. The van der Waals surface area contributed by atoms with Gasteiger partial charge in [0.25, 0.3) is 0 Å². The predicted molar refractivity (Wildman–Crippen MR) is 153 cm³/mol. The Labute approximate surface area is 235 Å². The standard InChI is InChI=1S/C27H39ClFN5O4S/c1-19(2)16-23(33-26(35)32-22-10-6-5-7-11-22)18-34(27(36)31-20(3)4)15-9-8-14-30-39(37,38)25-13-12-21(29)17-24(25)28/h5-7,10-13,17,19-20,23,30H,8-9,14-16,18H2,1-4H3,(H,31,36)(H2,32,33,35)/t23-/m0/s1. The predicted octanol–water partition coefficient (Wildman–Crippen LogP) is 5.19. The van der Waals surface area contributed by atoms with Crippen molar-refractivity contribution in [3.63, 3.8) is 0 Å². The van der Waals surface area contributed by atoms with E-state index in [2.05, 4.69) is 20.7 Å². The molecule has 0 aromatic heterocycles. The summed E-state index contributed by atoms with van der Waals surface area (Å²) in [5.74, 6) is -0.351. The molecule has 2 aromatic carbocycles. The van der Waals surface area contributed by atoms with E-state index in [-0.39, 0.29) is 53.1 Å². The highest BCUT2D eigenvalue weighted by Gasteiger charge is 2.22. The summed E-state index contributed by atoms with van der Waals surface area (Å²) in [7, 11) is -3.91. The fraction of sp³-hybridized carbons (Fsp3) is 0.481. The molecule has 0 bridgehead atoms. The van der Waals surface area contributed by atoms with Crippen LogP contribution in [0.25, 0.3) is 0 Å². The van der Waals surface area contributed by atoms with Crippen molar-refractivity contribution < 1.29 is 22.4 Å². The van der Waals surface area contributed by atoms with Crippen molar-refractivity contribution >= 4 is 39.4 Å². The number of unbranched alkanes of at least 4 members (excludes halogenated alkanes) is 1. The maximum absolute atomic E-state index is 13.3. The molecule has 39 heavy (non-hydrogen) atoms. The highest BCUT2D eigenvalue weighted by Crippen LogP contribution is 2.22. The van der Waals surface area contributed by atoms with E-state index in [0.29, 0.717) is 31.5 Å². The van der Waals surface area contributed by atoms with Crippen molar-refractivity contribution in [3.05, 3.63) is 59.4 Å². The second-order valence-corrected chi connectivity index (χ2v) is 12.2. The molecule has 0 aliphatic heterocycles. The number of carbonyl (C=O) groups is 2. The Bertz CT molecular complexity index is 1180. The number of nitrogens with one attached hydrogen (secondary N) is 4. The fourth-order valence-electron chi connectivity index (χ4n) is 3.91. The third kappa shape index (κ3) is 11.8. The molecule has 2 aromatic rings. The van der Waals surface area contributed by atoms with Gasteiger partial charge in [-0.15, -0.1) is 0 Å². The lowest BCUT2D eigenvalue weighted by Crippen LogP contribution is -2.51. The summed E-state index contributed by atoms with van der Waals surface area (Å²) in [6.45, 7) is 8.57. The number of rotatable bonds is 14. The average molecular weight is 584 g/mol. The zero-order chi connectivity index (χ0) is 29.0. The summed E-state index contributed by atoms with van der Waals surface area (Å²) in [5.41, 5.74) is 0.664. The van der Waals surface area contributed by atoms with Gasteiger partial charge in [-0.3, -0.25) is 0 Å². The Hall–Kier alpha value is -2.89. The summed E-state index contributed by atoms with van der Waals surface area (Å²) in [6.07, 6.45) is 1.61. The van der Waals surface area contributed by atoms with E-state index in [9.17, 15) is 22.4 Å². The number of halogens is 2. The smallest absolute Gasteiger partial charge is 0.319 e. The molecule has 216 valence electrons. The molecule has 0 radical (unpaired) electrons. The van der Waals surface area contributed by atoms with Crippen LogP contribution in [0.1, 0.15) is 47.0 Å². The maximum atomic E-state index is 13.3. The molecule has 0 aliphatic rings. The normalized spacial score (nSPS) is 12.3. The first-order chi connectivity index (χ1) is 18.4. The van der Waals surface area contributed by atoms with Crippen molar-refractivity contribution in [1.82, 2.24) is 20.3 Å². The van der Waals surface area contributed by atoms with Crippen LogP contribution in [-0.2, 0) is 10.0 Å². The van der Waals surface area contributed by atoms with Gasteiger partial charge in [-0.2, -0.15) is 0 Å². The molecule has 4 N–H and O–H groups in total. The van der Waals surface area contributed by atoms with E-state index in [1.54, 1.807) is 17.0 Å². The fourth-order valence-corrected chi connectivity index (χ4v) is 5.51. The van der Waals surface area contributed by atoms with Crippen molar-refractivity contribution in [3.8, 4) is 0 Å². The van der Waals surface area contributed by atoms with Crippen molar-refractivity contribution in [2.75, 3.05) is 25.0 Å². The van der Waals surface area contributed by atoms with Crippen LogP contribution in [0, 0.1) is 11.7 Å². The Balaban J connectivity index is 1.98. The minimum atomic E-state index is -3.91. The average Bonchev–Trinajstić information content (AvgIpc) is 2.82. The molecule has 0 saturated carbocycles. The highest BCUT2D eigenvalue weighted by atomic mass is 35.5. The van der Waals surface area contributed by atoms with E-state index in [4.69, 9.17) is 11.6 Å². The lowest BCUT2D eigenvalue weighted by atomic mass is 10.0. The first-order valence-electron chi connectivity index (χ1n) is 13.0. The van der Waals surface area contributed by atoms with Gasteiger partial charge in [-0.05, 0) is 69.4 Å². The zero-order valence-corrected chi connectivity index (χ0v) is 24.4. The number of hydrogen-bond donors (Lipinski definition) is 4. The molecular formula is C27H39ClFN5O4S. The lowest BCUT2D eigenvalue weighted by Gasteiger charge is -2.30. The number of amides is 4. The van der Waals surface area contributed by atoms with Gasteiger partial charge < -0.3 is 20.9 Å². The molecule has 0 heterocycles. The van der Waals surface area contributed by atoms with Crippen LogP contribution in [0.2, 0.25) is 5.02 Å². The van der Waals surface area contributed by atoms with Gasteiger partial charge in [0.2, 0.25) is 10.0 Å². The van der Waals surface area contributed by atoms with Crippen molar-refractivity contribution in [2.24, 2.45) is 5.92 Å². The summed E-state index contributed by atoms with van der Waals surface area (Å²) in [6, 6.07) is 11.2. The molecule has 0 saturated heterocycles. The largest absolute Gasteiger partial charge is 0.336 e. The molecule has 12 heteroatoms. The third-order valence-corrected chi connectivity index (χ3v) is 7.54. The van der Waals surface area contributed by atoms with Crippen LogP contribution in [0.5, 0.6) is 0 Å². The van der Waals surface area contributed by atoms with E-state index in [1.165, 1.54) is 0 Å².